The number of carbonyl (C=O) groups is 2. The second-order valence-electron chi connectivity index (χ2n) is 5.02. The maximum absolute atomic E-state index is 11.4. The van der Waals surface area contributed by atoms with Crippen molar-refractivity contribution in [1.82, 2.24) is 15.5 Å². The number of halogens is 1. The predicted octanol–water partition coefficient (Wildman–Crippen LogP) is 0.278. The van der Waals surface area contributed by atoms with Crippen LogP contribution in [0.2, 0.25) is 0 Å². The molecule has 2 rings (SSSR count). The molecule has 0 unspecified atom stereocenters. The van der Waals surface area contributed by atoms with Crippen molar-refractivity contribution in [3.8, 4) is 11.5 Å². The number of nitrogens with one attached hydrogen (secondary N) is 2. The summed E-state index contributed by atoms with van der Waals surface area (Å²) >= 11 is 0. The average Bonchev–Trinajstić information content (AvgIpc) is 2.91. The lowest BCUT2D eigenvalue weighted by atomic mass is 10.2. The van der Waals surface area contributed by atoms with Crippen LogP contribution in [-0.4, -0.2) is 56.7 Å². The highest BCUT2D eigenvalue weighted by Gasteiger charge is 2.27. The number of benzene rings is 1. The number of guanidine groups is 1. The zero-order valence-corrected chi connectivity index (χ0v) is 16.4. The molecule has 10 heteroatoms. The molecule has 0 bridgehead atoms. The summed E-state index contributed by atoms with van der Waals surface area (Å²) in [5, 5.41) is 5.32. The van der Waals surface area contributed by atoms with Crippen LogP contribution in [0.5, 0.6) is 11.5 Å². The number of hydrogen-bond acceptors (Lipinski definition) is 5. The van der Waals surface area contributed by atoms with Crippen LogP contribution in [0.1, 0.15) is 5.56 Å². The lowest BCUT2D eigenvalue weighted by Crippen LogP contribution is -2.41. The van der Waals surface area contributed by atoms with E-state index in [-0.39, 0.29) is 55.0 Å². The van der Waals surface area contributed by atoms with Crippen molar-refractivity contribution < 1.29 is 19.1 Å². The molecule has 0 aromatic heterocycles. The maximum atomic E-state index is 11.4. The van der Waals surface area contributed by atoms with Crippen molar-refractivity contribution in [2.24, 2.45) is 10.7 Å². The molecule has 25 heavy (non-hydrogen) atoms. The first kappa shape index (κ1) is 20.8. The molecular weight excluding hydrogens is 441 g/mol. The molecule has 0 radical (unpaired) electrons. The summed E-state index contributed by atoms with van der Waals surface area (Å²) in [5.74, 6) is 1.25. The van der Waals surface area contributed by atoms with E-state index < -0.39 is 0 Å². The lowest BCUT2D eigenvalue weighted by molar-refractivity contribution is -0.124. The molecule has 4 N–H and O–H groups in total. The standard InChI is InChI=1S/C15H21N5O4.HI/c1-23-11-4-3-10(7-12(11)24-2)8-18-14(16)17-5-6-20-13(21)9-19-15(20)22;/h3-4,7H,5-6,8-9H2,1-2H3,(H,19,22)(H3,16,17,18);1H. The van der Waals surface area contributed by atoms with E-state index in [4.69, 9.17) is 15.2 Å². The molecule has 9 nitrogen and oxygen atoms in total. The molecule has 1 heterocycles. The predicted molar refractivity (Wildman–Crippen MR) is 103 cm³/mol. The van der Waals surface area contributed by atoms with Gasteiger partial charge in [0.05, 0.1) is 27.3 Å². The Hall–Kier alpha value is -2.24. The van der Waals surface area contributed by atoms with E-state index in [9.17, 15) is 9.59 Å². The van der Waals surface area contributed by atoms with Gasteiger partial charge in [0, 0.05) is 13.1 Å². The van der Waals surface area contributed by atoms with Gasteiger partial charge in [0.1, 0.15) is 0 Å². The van der Waals surface area contributed by atoms with Crippen LogP contribution in [-0.2, 0) is 11.3 Å². The van der Waals surface area contributed by atoms with Crippen molar-refractivity contribution in [1.29, 1.82) is 0 Å². The van der Waals surface area contributed by atoms with Crippen molar-refractivity contribution in [2.75, 3.05) is 33.9 Å². The molecule has 0 saturated carbocycles. The molecule has 1 fully saturated rings. The third-order valence-electron chi connectivity index (χ3n) is 3.46. The highest BCUT2D eigenvalue weighted by atomic mass is 127. The topological polar surface area (TPSA) is 118 Å². The Balaban J connectivity index is 0.00000312. The molecule has 3 amide bonds. The third kappa shape index (κ3) is 5.66. The van der Waals surface area contributed by atoms with Gasteiger partial charge in [-0.2, -0.15) is 0 Å². The van der Waals surface area contributed by atoms with Gasteiger partial charge in [0.15, 0.2) is 17.5 Å². The number of imide groups is 1. The molecule has 0 aliphatic carbocycles. The van der Waals surface area contributed by atoms with E-state index in [1.165, 1.54) is 0 Å². The van der Waals surface area contributed by atoms with E-state index in [1.807, 2.05) is 12.1 Å². The van der Waals surface area contributed by atoms with Gasteiger partial charge in [0.25, 0.3) is 0 Å². The van der Waals surface area contributed by atoms with Gasteiger partial charge in [-0.25, -0.2) is 9.79 Å². The fourth-order valence-corrected chi connectivity index (χ4v) is 2.19. The number of nitrogens with two attached hydrogens (primary N) is 1. The van der Waals surface area contributed by atoms with Gasteiger partial charge in [-0.3, -0.25) is 9.69 Å². The van der Waals surface area contributed by atoms with Gasteiger partial charge in [-0.05, 0) is 17.7 Å². The lowest BCUT2D eigenvalue weighted by Gasteiger charge is -2.13. The van der Waals surface area contributed by atoms with Crippen molar-refractivity contribution in [3.63, 3.8) is 0 Å². The second kappa shape index (κ2) is 9.91. The number of amides is 3. The Labute approximate surface area is 162 Å². The van der Waals surface area contributed by atoms with Crippen LogP contribution in [0.15, 0.2) is 23.2 Å². The van der Waals surface area contributed by atoms with Crippen molar-refractivity contribution in [3.05, 3.63) is 23.8 Å². The van der Waals surface area contributed by atoms with E-state index in [0.717, 1.165) is 10.5 Å². The van der Waals surface area contributed by atoms with Gasteiger partial charge >= 0.3 is 6.03 Å². The Morgan fingerprint density at radius 2 is 2.04 bits per heavy atom. The summed E-state index contributed by atoms with van der Waals surface area (Å²) in [6.07, 6.45) is 0. The van der Waals surface area contributed by atoms with E-state index >= 15 is 0 Å². The number of urea groups is 1. The molecule has 1 aliphatic heterocycles. The minimum atomic E-state index is -0.386. The fourth-order valence-electron chi connectivity index (χ4n) is 2.19. The summed E-state index contributed by atoms with van der Waals surface area (Å²) in [6.45, 7) is 0.974. The minimum Gasteiger partial charge on any atom is -0.493 e. The number of nitrogens with zero attached hydrogens (tertiary/aromatic N) is 2. The third-order valence-corrected chi connectivity index (χ3v) is 3.46. The van der Waals surface area contributed by atoms with Gasteiger partial charge in [0.2, 0.25) is 5.91 Å². The number of hydrogen-bond donors (Lipinski definition) is 3. The molecule has 0 atom stereocenters. The molecule has 0 spiro atoms. The van der Waals surface area contributed by atoms with Crippen LogP contribution in [0.4, 0.5) is 4.79 Å². The van der Waals surface area contributed by atoms with Crippen molar-refractivity contribution in [2.45, 2.75) is 6.54 Å². The van der Waals surface area contributed by atoms with E-state index in [2.05, 4.69) is 15.6 Å². The van der Waals surface area contributed by atoms with Crippen LogP contribution in [0.3, 0.4) is 0 Å². The first-order valence-electron chi connectivity index (χ1n) is 7.38. The molecule has 1 saturated heterocycles. The smallest absolute Gasteiger partial charge is 0.324 e. The van der Waals surface area contributed by atoms with Crippen LogP contribution in [0.25, 0.3) is 0 Å². The number of methoxy groups -OCH3 is 2. The average molecular weight is 463 g/mol. The molecule has 1 aliphatic rings. The van der Waals surface area contributed by atoms with Crippen molar-refractivity contribution >= 4 is 41.9 Å². The molecule has 1 aromatic rings. The van der Waals surface area contributed by atoms with Crippen LogP contribution < -0.4 is 25.8 Å². The summed E-state index contributed by atoms with van der Waals surface area (Å²) in [5.41, 5.74) is 6.69. The normalized spacial score (nSPS) is 14.0. The van der Waals surface area contributed by atoms with E-state index in [1.54, 1.807) is 20.3 Å². The highest BCUT2D eigenvalue weighted by molar-refractivity contribution is 14.0. The van der Waals surface area contributed by atoms with Crippen LogP contribution >= 0.6 is 24.0 Å². The first-order chi connectivity index (χ1) is 11.5. The Bertz CT molecular complexity index is 637. The number of carbonyl (C=O) groups excluding carboxylic acids is 2. The SMILES string of the molecule is COc1ccc(CN=C(N)NCCN2C(=O)CNC2=O)cc1OC.I. The fraction of sp³-hybridized carbons (Fsp3) is 0.400. The maximum Gasteiger partial charge on any atom is 0.324 e. The van der Waals surface area contributed by atoms with Crippen LogP contribution in [0, 0.1) is 0 Å². The Morgan fingerprint density at radius 3 is 2.64 bits per heavy atom. The number of aliphatic imine (C=N–C) groups is 1. The van der Waals surface area contributed by atoms with Gasteiger partial charge in [-0.15, -0.1) is 24.0 Å². The van der Waals surface area contributed by atoms with Gasteiger partial charge in [-0.1, -0.05) is 6.07 Å². The minimum absolute atomic E-state index is 0. The zero-order chi connectivity index (χ0) is 17.5. The summed E-state index contributed by atoms with van der Waals surface area (Å²) in [4.78, 5) is 28.1. The second-order valence-corrected chi connectivity index (χ2v) is 5.02. The monoisotopic (exact) mass is 463 g/mol. The summed E-state index contributed by atoms with van der Waals surface area (Å²) < 4.78 is 10.4. The summed E-state index contributed by atoms with van der Waals surface area (Å²) in [7, 11) is 3.14. The molecular formula is C15H22IN5O4. The molecule has 1 aromatic carbocycles. The van der Waals surface area contributed by atoms with E-state index in [0.29, 0.717) is 24.6 Å². The zero-order valence-electron chi connectivity index (χ0n) is 14.1. The quantitative estimate of drug-likeness (QED) is 0.232. The first-order valence-corrected chi connectivity index (χ1v) is 7.38. The largest absolute Gasteiger partial charge is 0.493 e. The number of ether oxygens (including phenoxy) is 2. The Morgan fingerprint density at radius 1 is 1.32 bits per heavy atom. The van der Waals surface area contributed by atoms with Gasteiger partial charge < -0.3 is 25.8 Å². The molecule has 138 valence electrons. The highest BCUT2D eigenvalue weighted by Crippen LogP contribution is 2.27. The Kier molecular flexibility index (Phi) is 8.25. The summed E-state index contributed by atoms with van der Waals surface area (Å²) in [6, 6.07) is 5.10. The number of rotatable bonds is 7.